The Hall–Kier alpha value is -4.00. The van der Waals surface area contributed by atoms with Crippen LogP contribution in [0.3, 0.4) is 0 Å². The van der Waals surface area contributed by atoms with Crippen molar-refractivity contribution in [2.75, 3.05) is 12.0 Å². The Morgan fingerprint density at radius 3 is 2.41 bits per heavy atom. The number of carbonyl (C=O) groups is 2. The molecule has 4 rings (SSSR count). The number of benzene rings is 1. The first-order valence-corrected chi connectivity index (χ1v) is 8.89. The number of aromatic nitrogens is 2. The quantitative estimate of drug-likeness (QED) is 0.420. The highest BCUT2D eigenvalue weighted by atomic mass is 16.5. The number of hydrogen-bond donors (Lipinski definition) is 1. The molecule has 3 aromatic rings. The number of para-hydroxylation sites is 2. The SMILES string of the molecule is COc1ccccc1N1C(=O)C(=O)/C(=C(\O)c2ccncc2)C1c1ccccn1. The summed E-state index contributed by atoms with van der Waals surface area (Å²) in [5, 5.41) is 10.9. The zero-order chi connectivity index (χ0) is 20.4. The van der Waals surface area contributed by atoms with E-state index in [1.807, 2.05) is 0 Å². The molecule has 7 heteroatoms. The van der Waals surface area contributed by atoms with E-state index in [2.05, 4.69) is 9.97 Å². The number of amides is 1. The predicted molar refractivity (Wildman–Crippen MR) is 106 cm³/mol. The van der Waals surface area contributed by atoms with Crippen LogP contribution in [-0.2, 0) is 9.59 Å². The number of aliphatic hydroxyl groups is 1. The van der Waals surface area contributed by atoms with Crippen molar-refractivity contribution in [2.24, 2.45) is 0 Å². The third kappa shape index (κ3) is 3.12. The maximum atomic E-state index is 13.0. The summed E-state index contributed by atoms with van der Waals surface area (Å²) in [6, 6.07) is 14.3. The number of ketones is 1. The van der Waals surface area contributed by atoms with E-state index in [4.69, 9.17) is 4.74 Å². The van der Waals surface area contributed by atoms with Crippen LogP contribution in [0.15, 0.2) is 78.8 Å². The minimum Gasteiger partial charge on any atom is -0.507 e. The molecule has 7 nitrogen and oxygen atoms in total. The zero-order valence-corrected chi connectivity index (χ0v) is 15.5. The Morgan fingerprint density at radius 2 is 1.72 bits per heavy atom. The molecular formula is C22H17N3O4. The summed E-state index contributed by atoms with van der Waals surface area (Å²) in [5.41, 5.74) is 1.22. The van der Waals surface area contributed by atoms with Crippen LogP contribution in [0.5, 0.6) is 5.75 Å². The van der Waals surface area contributed by atoms with E-state index < -0.39 is 17.7 Å². The number of pyridine rings is 2. The van der Waals surface area contributed by atoms with Crippen molar-refractivity contribution in [1.82, 2.24) is 9.97 Å². The molecule has 1 aliphatic heterocycles. The Kier molecular flexibility index (Phi) is 4.78. The number of anilines is 1. The number of rotatable bonds is 4. The van der Waals surface area contributed by atoms with Crippen LogP contribution in [0.2, 0.25) is 0 Å². The predicted octanol–water partition coefficient (Wildman–Crippen LogP) is 3.11. The summed E-state index contributed by atoms with van der Waals surface area (Å²) >= 11 is 0. The number of methoxy groups -OCH3 is 1. The largest absolute Gasteiger partial charge is 0.507 e. The maximum Gasteiger partial charge on any atom is 0.300 e. The summed E-state index contributed by atoms with van der Waals surface area (Å²) in [6.45, 7) is 0. The highest BCUT2D eigenvalue weighted by molar-refractivity contribution is 6.51. The Labute approximate surface area is 166 Å². The summed E-state index contributed by atoms with van der Waals surface area (Å²) in [6.07, 6.45) is 4.58. The maximum absolute atomic E-state index is 13.0. The van der Waals surface area contributed by atoms with Gasteiger partial charge in [0.1, 0.15) is 17.6 Å². The Balaban J connectivity index is 1.97. The van der Waals surface area contributed by atoms with Crippen molar-refractivity contribution < 1.29 is 19.4 Å². The van der Waals surface area contributed by atoms with Crippen molar-refractivity contribution in [2.45, 2.75) is 6.04 Å². The van der Waals surface area contributed by atoms with Gasteiger partial charge in [-0.05, 0) is 36.4 Å². The van der Waals surface area contributed by atoms with E-state index in [0.29, 0.717) is 22.7 Å². The Bertz CT molecular complexity index is 1100. The third-order valence-corrected chi connectivity index (χ3v) is 4.71. The zero-order valence-electron chi connectivity index (χ0n) is 15.5. The highest BCUT2D eigenvalue weighted by Gasteiger charge is 2.48. The molecule has 1 amide bonds. The van der Waals surface area contributed by atoms with Crippen molar-refractivity contribution in [3.05, 3.63) is 90.0 Å². The topological polar surface area (TPSA) is 92.6 Å². The third-order valence-electron chi connectivity index (χ3n) is 4.71. The van der Waals surface area contributed by atoms with Crippen LogP contribution in [0.4, 0.5) is 5.69 Å². The minimum absolute atomic E-state index is 0.0363. The van der Waals surface area contributed by atoms with Gasteiger partial charge < -0.3 is 9.84 Å². The van der Waals surface area contributed by atoms with Gasteiger partial charge >= 0.3 is 0 Å². The first-order chi connectivity index (χ1) is 14.1. The number of Topliss-reactive ketones (excluding diaryl/α,β-unsaturated/α-hetero) is 1. The fraction of sp³-hybridized carbons (Fsp3) is 0.0909. The lowest BCUT2D eigenvalue weighted by Crippen LogP contribution is -2.30. The van der Waals surface area contributed by atoms with E-state index in [-0.39, 0.29) is 11.3 Å². The standard InChI is InChI=1S/C22H17N3O4/c1-29-17-8-3-2-7-16(17)25-19(15-6-4-5-11-24-15)18(21(27)22(25)28)20(26)14-9-12-23-13-10-14/h2-13,19,26H,1H3/b20-18-. The van der Waals surface area contributed by atoms with E-state index in [0.717, 1.165) is 0 Å². The molecule has 29 heavy (non-hydrogen) atoms. The van der Waals surface area contributed by atoms with Gasteiger partial charge in [0.05, 0.1) is 24.1 Å². The van der Waals surface area contributed by atoms with Gasteiger partial charge in [-0.25, -0.2) is 0 Å². The molecule has 0 aliphatic carbocycles. The minimum atomic E-state index is -0.902. The molecule has 1 unspecified atom stereocenters. The fourth-order valence-electron chi connectivity index (χ4n) is 3.39. The van der Waals surface area contributed by atoms with E-state index in [9.17, 15) is 14.7 Å². The van der Waals surface area contributed by atoms with Crippen molar-refractivity contribution in [3.8, 4) is 5.75 Å². The van der Waals surface area contributed by atoms with Crippen LogP contribution in [-0.4, -0.2) is 33.9 Å². The summed E-state index contributed by atoms with van der Waals surface area (Å²) in [5.74, 6) is -1.40. The molecular weight excluding hydrogens is 370 g/mol. The van der Waals surface area contributed by atoms with Gasteiger partial charge in [-0.2, -0.15) is 0 Å². The normalized spacial score (nSPS) is 18.1. The van der Waals surface area contributed by atoms with Gasteiger partial charge in [-0.15, -0.1) is 0 Å². The molecule has 1 atom stereocenters. The molecule has 1 fully saturated rings. The van der Waals surface area contributed by atoms with E-state index >= 15 is 0 Å². The van der Waals surface area contributed by atoms with Crippen molar-refractivity contribution in [3.63, 3.8) is 0 Å². The van der Waals surface area contributed by atoms with Crippen LogP contribution >= 0.6 is 0 Å². The van der Waals surface area contributed by atoms with Crippen LogP contribution in [0.1, 0.15) is 17.3 Å². The van der Waals surface area contributed by atoms with Gasteiger partial charge in [0, 0.05) is 24.2 Å². The van der Waals surface area contributed by atoms with Gasteiger partial charge in [-0.3, -0.25) is 24.5 Å². The molecule has 2 aromatic heterocycles. The first-order valence-electron chi connectivity index (χ1n) is 8.89. The second-order valence-electron chi connectivity index (χ2n) is 6.33. The molecule has 0 bridgehead atoms. The summed E-state index contributed by atoms with van der Waals surface area (Å²) in [7, 11) is 1.49. The van der Waals surface area contributed by atoms with E-state index in [1.54, 1.807) is 60.8 Å². The van der Waals surface area contributed by atoms with Gasteiger partial charge in [0.2, 0.25) is 0 Å². The first kappa shape index (κ1) is 18.4. The summed E-state index contributed by atoms with van der Waals surface area (Å²) < 4.78 is 5.39. The van der Waals surface area contributed by atoms with Crippen LogP contribution < -0.4 is 9.64 Å². The number of aliphatic hydroxyl groups excluding tert-OH is 1. The fourth-order valence-corrected chi connectivity index (χ4v) is 3.39. The number of ether oxygens (including phenoxy) is 1. The molecule has 0 radical (unpaired) electrons. The molecule has 1 aromatic carbocycles. The second kappa shape index (κ2) is 7.55. The smallest absolute Gasteiger partial charge is 0.300 e. The molecule has 1 N–H and O–H groups in total. The molecule has 1 aliphatic rings. The Morgan fingerprint density at radius 1 is 1.00 bits per heavy atom. The monoisotopic (exact) mass is 387 g/mol. The van der Waals surface area contributed by atoms with Gasteiger partial charge in [0.15, 0.2) is 0 Å². The lowest BCUT2D eigenvalue weighted by Gasteiger charge is -2.25. The lowest BCUT2D eigenvalue weighted by molar-refractivity contribution is -0.132. The van der Waals surface area contributed by atoms with Crippen LogP contribution in [0.25, 0.3) is 5.76 Å². The molecule has 144 valence electrons. The van der Waals surface area contributed by atoms with Gasteiger partial charge in [-0.1, -0.05) is 18.2 Å². The van der Waals surface area contributed by atoms with Crippen molar-refractivity contribution in [1.29, 1.82) is 0 Å². The average Bonchev–Trinajstić information content (AvgIpc) is 3.05. The highest BCUT2D eigenvalue weighted by Crippen LogP contribution is 2.44. The van der Waals surface area contributed by atoms with Crippen molar-refractivity contribution >= 4 is 23.1 Å². The lowest BCUT2D eigenvalue weighted by atomic mass is 9.98. The summed E-state index contributed by atoms with van der Waals surface area (Å²) in [4.78, 5) is 35.6. The number of carbonyl (C=O) groups excluding carboxylic acids is 2. The van der Waals surface area contributed by atoms with E-state index in [1.165, 1.54) is 24.4 Å². The van der Waals surface area contributed by atoms with Gasteiger partial charge in [0.25, 0.3) is 11.7 Å². The van der Waals surface area contributed by atoms with Crippen LogP contribution in [0, 0.1) is 0 Å². The molecule has 0 spiro atoms. The second-order valence-corrected chi connectivity index (χ2v) is 6.33. The molecule has 3 heterocycles. The molecule has 1 saturated heterocycles. The average molecular weight is 387 g/mol. The molecule has 0 saturated carbocycles. The number of hydrogen-bond acceptors (Lipinski definition) is 6. The number of nitrogens with zero attached hydrogens (tertiary/aromatic N) is 3.